The maximum Gasteiger partial charge on any atom is 0.275 e. The van der Waals surface area contributed by atoms with Crippen LogP contribution in [0.4, 0.5) is 4.39 Å². The Morgan fingerprint density at radius 3 is 2.37 bits per heavy atom. The number of nitrogens with zero attached hydrogens (tertiary/aromatic N) is 4. The molecule has 1 fully saturated rings. The van der Waals surface area contributed by atoms with Crippen LogP contribution in [0.1, 0.15) is 49.1 Å². The number of hydrogen-bond acceptors (Lipinski definition) is 5. The molecule has 1 atom stereocenters. The van der Waals surface area contributed by atoms with Gasteiger partial charge < -0.3 is 14.2 Å². The second-order valence-corrected chi connectivity index (χ2v) is 7.71. The molecule has 0 N–H and O–H groups in total. The van der Waals surface area contributed by atoms with E-state index >= 15 is 0 Å². The number of piperazine rings is 1. The minimum atomic E-state index is -0.256. The quantitative estimate of drug-likeness (QED) is 0.694. The van der Waals surface area contributed by atoms with Gasteiger partial charge in [0.15, 0.2) is 5.69 Å². The summed E-state index contributed by atoms with van der Waals surface area (Å²) in [6.07, 6.45) is 2.34. The van der Waals surface area contributed by atoms with Crippen LogP contribution in [0.5, 0.6) is 0 Å². The molecule has 1 unspecified atom stereocenters. The number of halogens is 1. The predicted octanol–water partition coefficient (Wildman–Crippen LogP) is 2.92. The largest absolute Gasteiger partial charge is 0.447 e. The lowest BCUT2D eigenvalue weighted by molar-refractivity contribution is -0.130. The summed E-state index contributed by atoms with van der Waals surface area (Å²) in [6, 6.07) is 6.72. The SMILES string of the molecule is CCC(C)N(Cc1ccc(F)cc1)Cc1nc(C(=O)N2CCN(C(C)=O)CC2)co1. The van der Waals surface area contributed by atoms with E-state index in [1.54, 1.807) is 21.9 Å². The fourth-order valence-corrected chi connectivity index (χ4v) is 3.49. The van der Waals surface area contributed by atoms with E-state index < -0.39 is 0 Å². The van der Waals surface area contributed by atoms with Gasteiger partial charge in [-0.05, 0) is 31.0 Å². The van der Waals surface area contributed by atoms with Gasteiger partial charge in [-0.25, -0.2) is 9.37 Å². The minimum absolute atomic E-state index is 0.0251. The lowest BCUT2D eigenvalue weighted by atomic mass is 10.1. The molecule has 1 aromatic heterocycles. The highest BCUT2D eigenvalue weighted by atomic mass is 19.1. The van der Waals surface area contributed by atoms with E-state index in [-0.39, 0.29) is 29.4 Å². The number of benzene rings is 1. The standard InChI is InChI=1S/C22H29FN4O3/c1-4-16(2)27(13-18-5-7-19(23)8-6-18)14-21-24-20(15-30-21)22(29)26-11-9-25(10-12-26)17(3)28/h5-8,15-16H,4,9-14H2,1-3H3. The maximum absolute atomic E-state index is 13.2. The second-order valence-electron chi connectivity index (χ2n) is 7.71. The monoisotopic (exact) mass is 416 g/mol. The van der Waals surface area contributed by atoms with Crippen LogP contribution in [0.25, 0.3) is 0 Å². The van der Waals surface area contributed by atoms with Crippen LogP contribution in [0.2, 0.25) is 0 Å². The average molecular weight is 416 g/mol. The van der Waals surface area contributed by atoms with Crippen molar-refractivity contribution < 1.29 is 18.4 Å². The molecule has 0 spiro atoms. The van der Waals surface area contributed by atoms with Crippen molar-refractivity contribution in [3.8, 4) is 0 Å². The molecule has 0 aliphatic carbocycles. The third-order valence-electron chi connectivity index (χ3n) is 5.63. The number of oxazole rings is 1. The summed E-state index contributed by atoms with van der Waals surface area (Å²) in [6.45, 7) is 8.90. The summed E-state index contributed by atoms with van der Waals surface area (Å²) in [7, 11) is 0. The van der Waals surface area contributed by atoms with Crippen molar-refractivity contribution in [3.05, 3.63) is 53.5 Å². The molecule has 1 aromatic carbocycles. The van der Waals surface area contributed by atoms with E-state index in [1.807, 2.05) is 0 Å². The molecule has 0 radical (unpaired) electrons. The van der Waals surface area contributed by atoms with E-state index in [2.05, 4.69) is 23.7 Å². The summed E-state index contributed by atoms with van der Waals surface area (Å²) in [4.78, 5) is 34.2. The van der Waals surface area contributed by atoms with E-state index in [4.69, 9.17) is 4.42 Å². The molecule has 2 heterocycles. The molecule has 7 nitrogen and oxygen atoms in total. The third-order valence-corrected chi connectivity index (χ3v) is 5.63. The first-order chi connectivity index (χ1) is 14.4. The fraction of sp³-hybridized carbons (Fsp3) is 0.500. The maximum atomic E-state index is 13.2. The van der Waals surface area contributed by atoms with Gasteiger partial charge in [0.2, 0.25) is 11.8 Å². The minimum Gasteiger partial charge on any atom is -0.447 e. The molecule has 0 bridgehead atoms. The molecular formula is C22H29FN4O3. The zero-order valence-electron chi connectivity index (χ0n) is 17.8. The predicted molar refractivity (Wildman–Crippen MR) is 110 cm³/mol. The van der Waals surface area contributed by atoms with Crippen molar-refractivity contribution in [1.29, 1.82) is 0 Å². The molecule has 30 heavy (non-hydrogen) atoms. The Balaban J connectivity index is 1.63. The van der Waals surface area contributed by atoms with Crippen LogP contribution < -0.4 is 0 Å². The van der Waals surface area contributed by atoms with E-state index in [0.29, 0.717) is 45.2 Å². The normalized spacial score (nSPS) is 15.5. The van der Waals surface area contributed by atoms with E-state index in [1.165, 1.54) is 25.3 Å². The average Bonchev–Trinajstić information content (AvgIpc) is 3.22. The Bertz CT molecular complexity index is 860. The highest BCUT2D eigenvalue weighted by molar-refractivity contribution is 5.92. The van der Waals surface area contributed by atoms with Crippen molar-refractivity contribution in [2.75, 3.05) is 26.2 Å². The van der Waals surface area contributed by atoms with Crippen molar-refractivity contribution in [2.45, 2.75) is 46.3 Å². The van der Waals surface area contributed by atoms with Gasteiger partial charge in [-0.3, -0.25) is 14.5 Å². The number of carbonyl (C=O) groups excluding carboxylic acids is 2. The van der Waals surface area contributed by atoms with Crippen molar-refractivity contribution in [3.63, 3.8) is 0 Å². The first-order valence-electron chi connectivity index (χ1n) is 10.3. The van der Waals surface area contributed by atoms with Gasteiger partial charge in [-0.15, -0.1) is 0 Å². The molecule has 1 aliphatic heterocycles. The third kappa shape index (κ3) is 5.44. The van der Waals surface area contributed by atoms with Crippen molar-refractivity contribution >= 4 is 11.8 Å². The van der Waals surface area contributed by atoms with Crippen molar-refractivity contribution in [2.24, 2.45) is 0 Å². The summed E-state index contributed by atoms with van der Waals surface area (Å²) in [5.41, 5.74) is 1.29. The molecule has 2 amide bonds. The molecule has 1 saturated heterocycles. The number of rotatable bonds is 7. The molecular weight excluding hydrogens is 387 g/mol. The Hall–Kier alpha value is -2.74. The first kappa shape index (κ1) is 22.0. The number of carbonyl (C=O) groups is 2. The lowest BCUT2D eigenvalue weighted by Crippen LogP contribution is -2.50. The second kappa shape index (κ2) is 9.84. The van der Waals surface area contributed by atoms with Gasteiger partial charge in [0.1, 0.15) is 12.1 Å². The van der Waals surface area contributed by atoms with Gasteiger partial charge >= 0.3 is 0 Å². The van der Waals surface area contributed by atoms with Crippen LogP contribution in [0.15, 0.2) is 34.9 Å². The van der Waals surface area contributed by atoms with E-state index in [0.717, 1.165) is 12.0 Å². The Labute approximate surface area is 176 Å². The molecule has 8 heteroatoms. The summed E-state index contributed by atoms with van der Waals surface area (Å²) >= 11 is 0. The Morgan fingerprint density at radius 1 is 1.13 bits per heavy atom. The zero-order chi connectivity index (χ0) is 21.7. The number of aromatic nitrogens is 1. The molecule has 0 saturated carbocycles. The van der Waals surface area contributed by atoms with Crippen LogP contribution in [-0.2, 0) is 17.9 Å². The summed E-state index contributed by atoms with van der Waals surface area (Å²) < 4.78 is 18.8. The molecule has 1 aliphatic rings. The fourth-order valence-electron chi connectivity index (χ4n) is 3.49. The smallest absolute Gasteiger partial charge is 0.275 e. The number of hydrogen-bond donors (Lipinski definition) is 0. The molecule has 2 aromatic rings. The lowest BCUT2D eigenvalue weighted by Gasteiger charge is -2.33. The van der Waals surface area contributed by atoms with E-state index in [9.17, 15) is 14.0 Å². The van der Waals surface area contributed by atoms with Gasteiger partial charge in [-0.1, -0.05) is 19.1 Å². The first-order valence-corrected chi connectivity index (χ1v) is 10.3. The Kier molecular flexibility index (Phi) is 7.20. The zero-order valence-corrected chi connectivity index (χ0v) is 17.8. The Morgan fingerprint density at radius 2 is 1.77 bits per heavy atom. The highest BCUT2D eigenvalue weighted by Gasteiger charge is 2.26. The molecule has 162 valence electrons. The van der Waals surface area contributed by atoms with Crippen LogP contribution >= 0.6 is 0 Å². The summed E-state index contributed by atoms with van der Waals surface area (Å²) in [5.74, 6) is 0.0657. The van der Waals surface area contributed by atoms with Crippen LogP contribution in [0, 0.1) is 5.82 Å². The van der Waals surface area contributed by atoms with Crippen LogP contribution in [-0.4, -0.2) is 63.7 Å². The van der Waals surface area contributed by atoms with Gasteiger partial charge in [-0.2, -0.15) is 0 Å². The van der Waals surface area contributed by atoms with Gasteiger partial charge in [0, 0.05) is 45.7 Å². The van der Waals surface area contributed by atoms with Gasteiger partial charge in [0.05, 0.1) is 6.54 Å². The summed E-state index contributed by atoms with van der Waals surface area (Å²) in [5, 5.41) is 0. The van der Waals surface area contributed by atoms with Crippen LogP contribution in [0.3, 0.4) is 0 Å². The molecule has 3 rings (SSSR count). The van der Waals surface area contributed by atoms with Crippen molar-refractivity contribution in [1.82, 2.24) is 19.7 Å². The van der Waals surface area contributed by atoms with Gasteiger partial charge in [0.25, 0.3) is 5.91 Å². The topological polar surface area (TPSA) is 69.9 Å². The number of amides is 2. The highest BCUT2D eigenvalue weighted by Crippen LogP contribution is 2.17.